The molecule has 0 aliphatic carbocycles. The van der Waals surface area contributed by atoms with E-state index < -0.39 is 0 Å². The molecule has 0 saturated carbocycles. The zero-order valence-electron chi connectivity index (χ0n) is 8.86. The van der Waals surface area contributed by atoms with Gasteiger partial charge in [0.25, 0.3) is 0 Å². The molecule has 0 radical (unpaired) electrons. The Bertz CT molecular complexity index is 392. The molecule has 0 spiro atoms. The Morgan fingerprint density at radius 3 is 2.60 bits per heavy atom. The fraction of sp³-hybridized carbons (Fsp3) is 0.625. The summed E-state index contributed by atoms with van der Waals surface area (Å²) in [4.78, 5) is 13.5. The Balaban J connectivity index is 2.78. The predicted molar refractivity (Wildman–Crippen MR) is 59.8 cm³/mol. The van der Waals surface area contributed by atoms with E-state index in [2.05, 4.69) is 10.2 Å². The number of anilines is 1. The number of nitrogen functional groups attached to an aromatic ring is 1. The van der Waals surface area contributed by atoms with Crippen molar-refractivity contribution < 1.29 is 4.79 Å². The van der Waals surface area contributed by atoms with Crippen LogP contribution in [0.5, 0.6) is 0 Å². The maximum absolute atomic E-state index is 11.7. The molecule has 7 heteroatoms. The molecule has 1 aromatic rings. The van der Waals surface area contributed by atoms with Gasteiger partial charge in [-0.3, -0.25) is 9.36 Å². The van der Waals surface area contributed by atoms with Gasteiger partial charge in [-0.25, -0.2) is 5.10 Å². The van der Waals surface area contributed by atoms with Crippen molar-refractivity contribution in [3.05, 3.63) is 4.77 Å². The lowest BCUT2D eigenvalue weighted by molar-refractivity contribution is -0.131. The van der Waals surface area contributed by atoms with Gasteiger partial charge >= 0.3 is 0 Å². The molecule has 1 aromatic heterocycles. The Hall–Kier alpha value is -1.37. The lowest BCUT2D eigenvalue weighted by atomic mass is 10.4. The second-order valence-electron chi connectivity index (χ2n) is 3.04. The predicted octanol–water partition coefficient (Wildman–Crippen LogP) is 0.391. The highest BCUT2D eigenvalue weighted by atomic mass is 32.1. The van der Waals surface area contributed by atoms with Crippen molar-refractivity contribution in [2.45, 2.75) is 20.4 Å². The summed E-state index contributed by atoms with van der Waals surface area (Å²) in [7, 11) is 0. The molecule has 0 atom stereocenters. The maximum Gasteiger partial charge on any atom is 0.242 e. The van der Waals surface area contributed by atoms with Crippen LogP contribution in [0, 0.1) is 4.77 Å². The van der Waals surface area contributed by atoms with Gasteiger partial charge in [-0.15, -0.1) is 5.10 Å². The summed E-state index contributed by atoms with van der Waals surface area (Å²) >= 11 is 4.94. The van der Waals surface area contributed by atoms with Gasteiger partial charge in [-0.1, -0.05) is 0 Å². The van der Waals surface area contributed by atoms with Crippen LogP contribution in [-0.2, 0) is 11.3 Å². The first-order valence-electron chi connectivity index (χ1n) is 4.78. The third-order valence-electron chi connectivity index (χ3n) is 2.20. The zero-order valence-corrected chi connectivity index (χ0v) is 9.67. The van der Waals surface area contributed by atoms with Crippen LogP contribution >= 0.6 is 12.2 Å². The number of hydrogen-bond acceptors (Lipinski definition) is 4. The second-order valence-corrected chi connectivity index (χ2v) is 3.43. The van der Waals surface area contributed by atoms with Gasteiger partial charge in [0.05, 0.1) is 0 Å². The van der Waals surface area contributed by atoms with E-state index in [0.717, 1.165) is 0 Å². The van der Waals surface area contributed by atoms with Crippen LogP contribution in [0.2, 0.25) is 0 Å². The van der Waals surface area contributed by atoms with E-state index in [1.165, 1.54) is 4.57 Å². The highest BCUT2D eigenvalue weighted by molar-refractivity contribution is 7.71. The first kappa shape index (κ1) is 11.7. The van der Waals surface area contributed by atoms with E-state index in [1.807, 2.05) is 13.8 Å². The number of carbonyl (C=O) groups is 1. The number of carbonyl (C=O) groups excluding carboxylic acids is 1. The number of amides is 1. The molecule has 84 valence electrons. The second kappa shape index (κ2) is 4.92. The van der Waals surface area contributed by atoms with Gasteiger partial charge < -0.3 is 10.6 Å². The summed E-state index contributed by atoms with van der Waals surface area (Å²) < 4.78 is 1.85. The zero-order chi connectivity index (χ0) is 11.4. The smallest absolute Gasteiger partial charge is 0.242 e. The van der Waals surface area contributed by atoms with E-state index in [0.29, 0.717) is 17.9 Å². The number of nitrogens with one attached hydrogen (secondary N) is 1. The summed E-state index contributed by atoms with van der Waals surface area (Å²) in [6, 6.07) is 0. The van der Waals surface area contributed by atoms with Crippen LogP contribution in [0.15, 0.2) is 0 Å². The monoisotopic (exact) mass is 229 g/mol. The van der Waals surface area contributed by atoms with Gasteiger partial charge in [0.1, 0.15) is 6.54 Å². The van der Waals surface area contributed by atoms with Crippen molar-refractivity contribution in [1.29, 1.82) is 0 Å². The quantitative estimate of drug-likeness (QED) is 0.732. The Morgan fingerprint density at radius 2 is 2.20 bits per heavy atom. The largest absolute Gasteiger partial charge is 0.368 e. The number of hydrogen-bond donors (Lipinski definition) is 2. The fourth-order valence-corrected chi connectivity index (χ4v) is 1.50. The van der Waals surface area contributed by atoms with Crippen LogP contribution < -0.4 is 5.73 Å². The number of nitrogens with zero attached hydrogens (tertiary/aromatic N) is 3. The first-order valence-corrected chi connectivity index (χ1v) is 5.19. The van der Waals surface area contributed by atoms with Gasteiger partial charge in [0, 0.05) is 13.1 Å². The summed E-state index contributed by atoms with van der Waals surface area (Å²) in [6.45, 7) is 5.36. The molecule has 15 heavy (non-hydrogen) atoms. The molecule has 0 aromatic carbocycles. The highest BCUT2D eigenvalue weighted by Crippen LogP contribution is 2.01. The summed E-state index contributed by atoms with van der Waals surface area (Å²) in [5.74, 6) is 0.227. The number of aromatic amines is 1. The Kier molecular flexibility index (Phi) is 3.84. The van der Waals surface area contributed by atoms with Crippen molar-refractivity contribution in [3.63, 3.8) is 0 Å². The Labute approximate surface area is 93.1 Å². The Morgan fingerprint density at radius 1 is 1.60 bits per heavy atom. The van der Waals surface area contributed by atoms with Gasteiger partial charge in [-0.2, -0.15) is 0 Å². The third kappa shape index (κ3) is 2.56. The van der Waals surface area contributed by atoms with E-state index >= 15 is 0 Å². The molecule has 0 unspecified atom stereocenters. The molecule has 0 bridgehead atoms. The molecular formula is C8H15N5OS. The minimum absolute atomic E-state index is 0.01000. The van der Waals surface area contributed by atoms with Gasteiger partial charge in [0.15, 0.2) is 4.77 Å². The molecular weight excluding hydrogens is 214 g/mol. The molecule has 0 saturated heterocycles. The van der Waals surface area contributed by atoms with Crippen LogP contribution in [0.1, 0.15) is 13.8 Å². The summed E-state index contributed by atoms with van der Waals surface area (Å²) in [5.41, 5.74) is 5.56. The van der Waals surface area contributed by atoms with E-state index in [-0.39, 0.29) is 18.4 Å². The number of likely N-dealkylation sites (N-methyl/N-ethyl adjacent to an activating group) is 1. The first-order chi connectivity index (χ1) is 7.10. The van der Waals surface area contributed by atoms with Crippen molar-refractivity contribution in [1.82, 2.24) is 19.7 Å². The molecule has 0 fully saturated rings. The molecule has 1 amide bonds. The van der Waals surface area contributed by atoms with Crippen molar-refractivity contribution in [3.8, 4) is 0 Å². The molecule has 3 N–H and O–H groups in total. The molecule has 1 heterocycles. The molecule has 1 rings (SSSR count). The standard InChI is InChI=1S/C8H15N5OS/c1-3-12(4-2)6(14)5-13-7(9)10-11-8(13)15/h3-5H2,1-2H3,(H2,9,10)(H,11,15). The lowest BCUT2D eigenvalue weighted by Crippen LogP contribution is -2.33. The number of nitrogens with two attached hydrogens (primary N) is 1. The molecule has 0 aliphatic rings. The SMILES string of the molecule is CCN(CC)C(=O)Cn1c(N)n[nH]c1=S. The molecule has 0 aliphatic heterocycles. The number of H-pyrrole nitrogens is 1. The van der Waals surface area contributed by atoms with Crippen LogP contribution in [0.25, 0.3) is 0 Å². The van der Waals surface area contributed by atoms with Gasteiger partial charge in [0.2, 0.25) is 11.9 Å². The van der Waals surface area contributed by atoms with E-state index in [1.54, 1.807) is 4.90 Å². The fourth-order valence-electron chi connectivity index (χ4n) is 1.29. The number of aromatic nitrogens is 3. The third-order valence-corrected chi connectivity index (χ3v) is 2.51. The average molecular weight is 229 g/mol. The average Bonchev–Trinajstić information content (AvgIpc) is 2.51. The normalized spacial score (nSPS) is 10.3. The maximum atomic E-state index is 11.7. The van der Waals surface area contributed by atoms with E-state index in [4.69, 9.17) is 18.0 Å². The van der Waals surface area contributed by atoms with Crippen LogP contribution in [0.4, 0.5) is 5.95 Å². The summed E-state index contributed by atoms with van der Waals surface area (Å²) in [6.07, 6.45) is 0. The van der Waals surface area contributed by atoms with Crippen molar-refractivity contribution in [2.75, 3.05) is 18.8 Å². The topological polar surface area (TPSA) is 79.9 Å². The van der Waals surface area contributed by atoms with Crippen LogP contribution in [-0.4, -0.2) is 38.7 Å². The van der Waals surface area contributed by atoms with Gasteiger partial charge in [-0.05, 0) is 26.1 Å². The minimum Gasteiger partial charge on any atom is -0.368 e. The van der Waals surface area contributed by atoms with Crippen LogP contribution in [0.3, 0.4) is 0 Å². The lowest BCUT2D eigenvalue weighted by Gasteiger charge is -2.18. The summed E-state index contributed by atoms with van der Waals surface area (Å²) in [5, 5.41) is 6.27. The van der Waals surface area contributed by atoms with Crippen molar-refractivity contribution >= 4 is 24.1 Å². The van der Waals surface area contributed by atoms with Crippen molar-refractivity contribution in [2.24, 2.45) is 0 Å². The van der Waals surface area contributed by atoms with E-state index in [9.17, 15) is 4.79 Å². The minimum atomic E-state index is -0.01000. The number of rotatable bonds is 4. The molecule has 6 nitrogen and oxygen atoms in total. The highest BCUT2D eigenvalue weighted by Gasteiger charge is 2.12.